The highest BCUT2D eigenvalue weighted by Gasteiger charge is 2.40. The molecule has 3 atom stereocenters. The maximum Gasteiger partial charge on any atom is 0.153 e. The molecule has 0 amide bonds. The van der Waals surface area contributed by atoms with Gasteiger partial charge in [0.1, 0.15) is 0 Å². The van der Waals surface area contributed by atoms with E-state index in [9.17, 15) is 5.11 Å². The van der Waals surface area contributed by atoms with Gasteiger partial charge in [0.25, 0.3) is 0 Å². The molecule has 1 aliphatic rings. The van der Waals surface area contributed by atoms with E-state index >= 15 is 0 Å². The fourth-order valence-electron chi connectivity index (χ4n) is 2.98. The van der Waals surface area contributed by atoms with Crippen molar-refractivity contribution in [1.82, 2.24) is 4.90 Å². The minimum absolute atomic E-state index is 0.126. The van der Waals surface area contributed by atoms with E-state index in [0.717, 1.165) is 25.8 Å². The second kappa shape index (κ2) is 6.96. The molecular formula is C14H28ClNO. The van der Waals surface area contributed by atoms with E-state index in [1.54, 1.807) is 0 Å². The zero-order valence-corrected chi connectivity index (χ0v) is 12.3. The smallest absolute Gasteiger partial charge is 0.153 e. The molecule has 1 rings (SSSR count). The molecule has 1 aliphatic heterocycles. The second-order valence-corrected chi connectivity index (χ2v) is 5.93. The van der Waals surface area contributed by atoms with Gasteiger partial charge in [-0.2, -0.15) is 0 Å². The maximum absolute atomic E-state index is 10.4. The lowest BCUT2D eigenvalue weighted by Crippen LogP contribution is -2.51. The number of aliphatic hydroxyl groups is 1. The van der Waals surface area contributed by atoms with Crippen LogP contribution in [0.5, 0.6) is 0 Å². The third-order valence-corrected chi connectivity index (χ3v) is 4.65. The van der Waals surface area contributed by atoms with Crippen molar-refractivity contribution in [3.05, 3.63) is 0 Å². The van der Waals surface area contributed by atoms with Crippen molar-refractivity contribution in [2.24, 2.45) is 0 Å². The fraction of sp³-hybridized carbons (Fsp3) is 1.00. The highest BCUT2D eigenvalue weighted by Crippen LogP contribution is 2.34. The Morgan fingerprint density at radius 3 is 2.65 bits per heavy atom. The minimum Gasteiger partial charge on any atom is -0.373 e. The van der Waals surface area contributed by atoms with Crippen LogP contribution in [0.25, 0.3) is 0 Å². The molecule has 0 aliphatic carbocycles. The summed E-state index contributed by atoms with van der Waals surface area (Å²) in [6.07, 6.45) is 7.62. The number of hydrogen-bond donors (Lipinski definition) is 1. The number of unbranched alkanes of at least 4 members (excludes halogenated alkanes) is 1. The molecule has 2 nitrogen and oxygen atoms in total. The third-order valence-electron chi connectivity index (χ3n) is 4.13. The van der Waals surface area contributed by atoms with Crippen LogP contribution in [0, 0.1) is 0 Å². The van der Waals surface area contributed by atoms with Crippen LogP contribution in [0.3, 0.4) is 0 Å². The van der Waals surface area contributed by atoms with Crippen LogP contribution in [0.2, 0.25) is 0 Å². The van der Waals surface area contributed by atoms with E-state index in [-0.39, 0.29) is 6.04 Å². The Hall–Kier alpha value is 0.210. The summed E-state index contributed by atoms with van der Waals surface area (Å²) >= 11 is 6.34. The fourth-order valence-corrected chi connectivity index (χ4v) is 3.22. The number of likely N-dealkylation sites (tertiary alicyclic amines) is 1. The summed E-state index contributed by atoms with van der Waals surface area (Å²) in [5, 5.41) is 9.36. The first-order valence-corrected chi connectivity index (χ1v) is 7.61. The van der Waals surface area contributed by atoms with Crippen LogP contribution >= 0.6 is 11.6 Å². The Kier molecular flexibility index (Phi) is 6.25. The lowest BCUT2D eigenvalue weighted by Gasteiger charge is -2.40. The quantitative estimate of drug-likeness (QED) is 0.706. The van der Waals surface area contributed by atoms with Gasteiger partial charge in [-0.3, -0.25) is 4.90 Å². The molecule has 0 aromatic heterocycles. The Balaban J connectivity index is 2.74. The largest absolute Gasteiger partial charge is 0.373 e. The monoisotopic (exact) mass is 261 g/mol. The molecule has 102 valence electrons. The van der Waals surface area contributed by atoms with Gasteiger partial charge in [0, 0.05) is 6.04 Å². The number of nitrogens with zero attached hydrogens (tertiary/aromatic N) is 1. The molecule has 0 aromatic rings. The predicted molar refractivity (Wildman–Crippen MR) is 74.4 cm³/mol. The molecule has 3 heteroatoms. The molecular weight excluding hydrogens is 234 g/mol. The number of alkyl halides is 1. The number of halogens is 1. The van der Waals surface area contributed by atoms with Gasteiger partial charge in [0.2, 0.25) is 0 Å². The summed E-state index contributed by atoms with van der Waals surface area (Å²) in [5.74, 6) is 0. The first-order chi connectivity index (χ1) is 8.06. The molecule has 0 saturated carbocycles. The van der Waals surface area contributed by atoms with E-state index in [0.29, 0.717) is 12.5 Å². The average Bonchev–Trinajstić information content (AvgIpc) is 2.77. The highest BCUT2D eigenvalue weighted by atomic mass is 35.5. The molecule has 1 heterocycles. The Bertz CT molecular complexity index is 220. The topological polar surface area (TPSA) is 23.5 Å². The summed E-state index contributed by atoms with van der Waals surface area (Å²) in [6, 6.07) is 0.746. The van der Waals surface area contributed by atoms with Gasteiger partial charge in [0.15, 0.2) is 5.06 Å². The Labute approximate surface area is 111 Å². The van der Waals surface area contributed by atoms with E-state index in [2.05, 4.69) is 18.7 Å². The predicted octanol–water partition coefficient (Wildman–Crippen LogP) is 3.76. The first-order valence-electron chi connectivity index (χ1n) is 7.23. The van der Waals surface area contributed by atoms with E-state index < -0.39 is 5.06 Å². The molecule has 1 N–H and O–H groups in total. The molecule has 0 spiro atoms. The molecule has 0 radical (unpaired) electrons. The van der Waals surface area contributed by atoms with Gasteiger partial charge in [0.05, 0.1) is 6.04 Å². The molecule has 0 aromatic carbocycles. The van der Waals surface area contributed by atoms with Crippen molar-refractivity contribution in [2.45, 2.75) is 82.9 Å². The Morgan fingerprint density at radius 2 is 2.12 bits per heavy atom. The van der Waals surface area contributed by atoms with Gasteiger partial charge in [-0.1, -0.05) is 45.2 Å². The van der Waals surface area contributed by atoms with Crippen LogP contribution in [0.1, 0.15) is 65.7 Å². The highest BCUT2D eigenvalue weighted by molar-refractivity contribution is 6.23. The number of rotatable bonds is 7. The van der Waals surface area contributed by atoms with Crippen molar-refractivity contribution in [2.75, 3.05) is 6.54 Å². The van der Waals surface area contributed by atoms with Crippen molar-refractivity contribution >= 4 is 11.6 Å². The van der Waals surface area contributed by atoms with Crippen LogP contribution < -0.4 is 0 Å². The van der Waals surface area contributed by atoms with Crippen molar-refractivity contribution in [1.29, 1.82) is 0 Å². The van der Waals surface area contributed by atoms with Crippen LogP contribution in [0.4, 0.5) is 0 Å². The lowest BCUT2D eigenvalue weighted by molar-refractivity contribution is 0.00153. The average molecular weight is 262 g/mol. The van der Waals surface area contributed by atoms with Gasteiger partial charge < -0.3 is 5.11 Å². The maximum atomic E-state index is 10.4. The van der Waals surface area contributed by atoms with E-state index in [1.165, 1.54) is 19.3 Å². The zero-order valence-electron chi connectivity index (χ0n) is 11.6. The SMILES string of the molecule is CCCCC(N1CCCC1CC)C(O)(Cl)CC. The summed E-state index contributed by atoms with van der Waals surface area (Å²) in [6.45, 7) is 7.50. The van der Waals surface area contributed by atoms with Gasteiger partial charge in [-0.05, 0) is 38.6 Å². The molecule has 17 heavy (non-hydrogen) atoms. The van der Waals surface area contributed by atoms with Crippen LogP contribution in [0.15, 0.2) is 0 Å². The molecule has 3 unspecified atom stereocenters. The number of hydrogen-bond acceptors (Lipinski definition) is 2. The van der Waals surface area contributed by atoms with Crippen LogP contribution in [-0.2, 0) is 0 Å². The zero-order chi connectivity index (χ0) is 12.9. The van der Waals surface area contributed by atoms with Gasteiger partial charge in [-0.15, -0.1) is 0 Å². The summed E-state index contributed by atoms with van der Waals surface area (Å²) < 4.78 is 0. The van der Waals surface area contributed by atoms with E-state index in [1.807, 2.05) is 6.92 Å². The Morgan fingerprint density at radius 1 is 1.41 bits per heavy atom. The second-order valence-electron chi connectivity index (χ2n) is 5.27. The lowest BCUT2D eigenvalue weighted by atomic mass is 9.98. The van der Waals surface area contributed by atoms with Crippen LogP contribution in [-0.4, -0.2) is 33.7 Å². The van der Waals surface area contributed by atoms with Crippen molar-refractivity contribution in [3.8, 4) is 0 Å². The summed E-state index contributed by atoms with van der Waals surface area (Å²) in [4.78, 5) is 2.46. The van der Waals surface area contributed by atoms with Crippen molar-refractivity contribution < 1.29 is 5.11 Å². The summed E-state index contributed by atoms with van der Waals surface area (Å²) in [5.41, 5.74) is 0. The minimum atomic E-state index is -1.05. The standard InChI is InChI=1S/C14H28ClNO/c1-4-7-10-13(14(15,17)6-3)16-11-8-9-12(16)5-2/h12-13,17H,4-11H2,1-3H3. The summed E-state index contributed by atoms with van der Waals surface area (Å²) in [7, 11) is 0. The van der Waals surface area contributed by atoms with Gasteiger partial charge in [-0.25, -0.2) is 0 Å². The van der Waals surface area contributed by atoms with Gasteiger partial charge >= 0.3 is 0 Å². The van der Waals surface area contributed by atoms with E-state index in [4.69, 9.17) is 11.6 Å². The van der Waals surface area contributed by atoms with Crippen molar-refractivity contribution in [3.63, 3.8) is 0 Å². The normalized spacial score (nSPS) is 27.0. The third kappa shape index (κ3) is 3.84. The molecule has 1 fully saturated rings. The molecule has 1 saturated heterocycles. The first kappa shape index (κ1) is 15.3. The molecule has 0 bridgehead atoms.